The Balaban J connectivity index is 2.36. The Labute approximate surface area is 161 Å². The third-order valence-corrected chi connectivity index (χ3v) is 4.62. The molecule has 1 aliphatic heterocycles. The highest BCUT2D eigenvalue weighted by atomic mass is 16.5. The Morgan fingerprint density at radius 1 is 1.33 bits per heavy atom. The summed E-state index contributed by atoms with van der Waals surface area (Å²) in [6.45, 7) is 8.52. The SMILES string of the molecule is CNC(=O)C(NC(=O)c1nc(/C=C/COC)n2c1CN(C)CC2)C(C)(C)C. The molecule has 2 rings (SSSR count). The minimum atomic E-state index is -0.652. The Hall–Kier alpha value is -2.19. The minimum Gasteiger partial charge on any atom is -0.381 e. The first-order chi connectivity index (χ1) is 12.7. The van der Waals surface area contributed by atoms with E-state index in [9.17, 15) is 9.59 Å². The fraction of sp³-hybridized carbons (Fsp3) is 0.632. The number of amides is 2. The second kappa shape index (κ2) is 8.67. The number of imidazole rings is 1. The van der Waals surface area contributed by atoms with E-state index in [1.165, 1.54) is 0 Å². The number of nitrogens with one attached hydrogen (secondary N) is 2. The van der Waals surface area contributed by atoms with Gasteiger partial charge in [-0.05, 0) is 18.5 Å². The molecule has 2 N–H and O–H groups in total. The largest absolute Gasteiger partial charge is 0.381 e. The summed E-state index contributed by atoms with van der Waals surface area (Å²) >= 11 is 0. The third kappa shape index (κ3) is 4.95. The maximum absolute atomic E-state index is 13.0. The number of fused-ring (bicyclic) bond motifs is 1. The first kappa shape index (κ1) is 21.1. The monoisotopic (exact) mass is 377 g/mol. The summed E-state index contributed by atoms with van der Waals surface area (Å²) in [5.41, 5.74) is 0.813. The van der Waals surface area contributed by atoms with Crippen molar-refractivity contribution in [2.75, 3.05) is 34.4 Å². The number of methoxy groups -OCH3 is 1. The van der Waals surface area contributed by atoms with Crippen LogP contribution in [0.5, 0.6) is 0 Å². The summed E-state index contributed by atoms with van der Waals surface area (Å²) in [4.78, 5) is 32.0. The second-order valence-corrected chi connectivity index (χ2v) is 7.90. The van der Waals surface area contributed by atoms with Crippen LogP contribution in [0.3, 0.4) is 0 Å². The molecule has 0 spiro atoms. The molecule has 2 heterocycles. The maximum Gasteiger partial charge on any atom is 0.272 e. The number of hydrogen-bond donors (Lipinski definition) is 2. The molecule has 0 fully saturated rings. The normalized spacial score (nSPS) is 16.2. The fourth-order valence-corrected chi connectivity index (χ4v) is 3.10. The van der Waals surface area contributed by atoms with Crippen LogP contribution >= 0.6 is 0 Å². The standard InChI is InChI=1S/C19H31N5O3/c1-19(2,3)16(18(26)20-4)22-17(25)15-13-12-23(5)9-10-24(13)14(21-15)8-7-11-27-6/h7-8,16H,9-12H2,1-6H3,(H,20,26)(H,22,25)/b8-7+. The minimum absolute atomic E-state index is 0.221. The zero-order valence-corrected chi connectivity index (χ0v) is 17.1. The van der Waals surface area contributed by atoms with E-state index >= 15 is 0 Å². The van der Waals surface area contributed by atoms with E-state index in [1.807, 2.05) is 40.0 Å². The van der Waals surface area contributed by atoms with Crippen LogP contribution in [0.15, 0.2) is 6.08 Å². The molecule has 0 aliphatic carbocycles. The lowest BCUT2D eigenvalue weighted by molar-refractivity contribution is -0.124. The molecule has 0 bridgehead atoms. The van der Waals surface area contributed by atoms with Crippen molar-refractivity contribution in [3.8, 4) is 0 Å². The summed E-state index contributed by atoms with van der Waals surface area (Å²) in [6, 6.07) is -0.652. The summed E-state index contributed by atoms with van der Waals surface area (Å²) in [6.07, 6.45) is 3.74. The molecule has 1 aromatic rings. The molecule has 0 aromatic carbocycles. The number of carbonyl (C=O) groups is 2. The van der Waals surface area contributed by atoms with Crippen LogP contribution in [0.2, 0.25) is 0 Å². The molecular weight excluding hydrogens is 346 g/mol. The van der Waals surface area contributed by atoms with Crippen LogP contribution in [0.25, 0.3) is 6.08 Å². The van der Waals surface area contributed by atoms with Crippen LogP contribution < -0.4 is 10.6 Å². The highest BCUT2D eigenvalue weighted by Gasteiger charge is 2.34. The van der Waals surface area contributed by atoms with Crippen molar-refractivity contribution in [3.05, 3.63) is 23.3 Å². The predicted molar refractivity (Wildman–Crippen MR) is 104 cm³/mol. The molecule has 0 radical (unpaired) electrons. The average molecular weight is 377 g/mol. The average Bonchev–Trinajstić information content (AvgIpc) is 2.96. The number of likely N-dealkylation sites (N-methyl/N-ethyl adjacent to an activating group) is 2. The molecule has 8 heteroatoms. The van der Waals surface area contributed by atoms with Gasteiger partial charge in [0.2, 0.25) is 5.91 Å². The third-order valence-electron chi connectivity index (χ3n) is 4.62. The van der Waals surface area contributed by atoms with Gasteiger partial charge < -0.3 is 19.9 Å². The zero-order valence-electron chi connectivity index (χ0n) is 17.1. The lowest BCUT2D eigenvalue weighted by Gasteiger charge is -2.30. The van der Waals surface area contributed by atoms with Gasteiger partial charge in [0.1, 0.15) is 11.9 Å². The Morgan fingerprint density at radius 3 is 2.63 bits per heavy atom. The first-order valence-corrected chi connectivity index (χ1v) is 9.15. The van der Waals surface area contributed by atoms with Gasteiger partial charge in [0.15, 0.2) is 5.69 Å². The lowest BCUT2D eigenvalue weighted by Crippen LogP contribution is -2.53. The predicted octanol–water partition coefficient (Wildman–Crippen LogP) is 0.879. The van der Waals surface area contributed by atoms with Crippen LogP contribution in [0.1, 0.15) is 42.8 Å². The first-order valence-electron chi connectivity index (χ1n) is 9.15. The Bertz CT molecular complexity index is 718. The maximum atomic E-state index is 13.0. The molecule has 8 nitrogen and oxygen atoms in total. The zero-order chi connectivity index (χ0) is 20.2. The van der Waals surface area contributed by atoms with Crippen LogP contribution in [0, 0.1) is 5.41 Å². The van der Waals surface area contributed by atoms with E-state index in [2.05, 4.69) is 25.1 Å². The van der Waals surface area contributed by atoms with Crippen LogP contribution in [0.4, 0.5) is 0 Å². The Kier molecular flexibility index (Phi) is 6.78. The Morgan fingerprint density at radius 2 is 2.04 bits per heavy atom. The molecule has 1 unspecified atom stereocenters. The smallest absolute Gasteiger partial charge is 0.272 e. The number of rotatable bonds is 6. The van der Waals surface area contributed by atoms with Crippen molar-refractivity contribution in [1.29, 1.82) is 0 Å². The molecule has 1 atom stereocenters. The van der Waals surface area contributed by atoms with Gasteiger partial charge in [0.05, 0.1) is 12.3 Å². The molecular formula is C19H31N5O3. The van der Waals surface area contributed by atoms with E-state index in [0.717, 1.165) is 24.6 Å². The van der Waals surface area contributed by atoms with E-state index in [4.69, 9.17) is 4.74 Å². The van der Waals surface area contributed by atoms with E-state index in [0.29, 0.717) is 18.8 Å². The number of carbonyl (C=O) groups excluding carboxylic acids is 2. The molecule has 27 heavy (non-hydrogen) atoms. The summed E-state index contributed by atoms with van der Waals surface area (Å²) in [7, 11) is 5.21. The van der Waals surface area contributed by atoms with Gasteiger partial charge in [-0.15, -0.1) is 0 Å². The number of hydrogen-bond acceptors (Lipinski definition) is 5. The topological polar surface area (TPSA) is 88.5 Å². The quantitative estimate of drug-likeness (QED) is 0.768. The van der Waals surface area contributed by atoms with Gasteiger partial charge in [-0.25, -0.2) is 4.98 Å². The summed E-state index contributed by atoms with van der Waals surface area (Å²) in [5.74, 6) is 0.178. The van der Waals surface area contributed by atoms with E-state index in [-0.39, 0.29) is 11.8 Å². The van der Waals surface area contributed by atoms with Crippen molar-refractivity contribution in [3.63, 3.8) is 0 Å². The van der Waals surface area contributed by atoms with Gasteiger partial charge >= 0.3 is 0 Å². The molecule has 0 saturated heterocycles. The molecule has 2 amide bonds. The molecule has 0 saturated carbocycles. The highest BCUT2D eigenvalue weighted by Crippen LogP contribution is 2.23. The fourth-order valence-electron chi connectivity index (χ4n) is 3.10. The number of nitrogens with zero attached hydrogens (tertiary/aromatic N) is 3. The van der Waals surface area contributed by atoms with Crippen molar-refractivity contribution < 1.29 is 14.3 Å². The van der Waals surface area contributed by atoms with Gasteiger partial charge in [-0.2, -0.15) is 0 Å². The van der Waals surface area contributed by atoms with Crippen LogP contribution in [-0.2, 0) is 22.6 Å². The molecule has 150 valence electrons. The van der Waals surface area contributed by atoms with Crippen molar-refractivity contribution in [2.45, 2.75) is 39.9 Å². The number of ether oxygens (including phenoxy) is 1. The van der Waals surface area contributed by atoms with Gasteiger partial charge in [-0.3, -0.25) is 14.5 Å². The number of aromatic nitrogens is 2. The van der Waals surface area contributed by atoms with E-state index in [1.54, 1.807) is 14.2 Å². The van der Waals surface area contributed by atoms with E-state index < -0.39 is 11.5 Å². The summed E-state index contributed by atoms with van der Waals surface area (Å²) < 4.78 is 7.11. The van der Waals surface area contributed by atoms with Gasteiger partial charge in [-0.1, -0.05) is 26.8 Å². The second-order valence-electron chi connectivity index (χ2n) is 7.90. The van der Waals surface area contributed by atoms with Crippen molar-refractivity contribution >= 4 is 17.9 Å². The van der Waals surface area contributed by atoms with Gasteiger partial charge in [0.25, 0.3) is 5.91 Å². The molecule has 1 aliphatic rings. The molecule has 1 aromatic heterocycles. The van der Waals surface area contributed by atoms with Crippen LogP contribution in [-0.4, -0.2) is 66.7 Å². The van der Waals surface area contributed by atoms with Crippen molar-refractivity contribution in [1.82, 2.24) is 25.1 Å². The summed E-state index contributed by atoms with van der Waals surface area (Å²) in [5, 5.41) is 5.50. The van der Waals surface area contributed by atoms with Crippen molar-refractivity contribution in [2.24, 2.45) is 5.41 Å². The van der Waals surface area contributed by atoms with Gasteiger partial charge in [0, 0.05) is 33.8 Å². The lowest BCUT2D eigenvalue weighted by atomic mass is 9.86. The highest BCUT2D eigenvalue weighted by molar-refractivity contribution is 5.97.